The molecule has 0 rings (SSSR count). The molecule has 1 N–H and O–H groups in total. The zero-order valence-corrected chi connectivity index (χ0v) is 8.73. The number of rotatable bonds is 3. The Morgan fingerprint density at radius 1 is 1.43 bits per heavy atom. The highest BCUT2D eigenvalue weighted by molar-refractivity contribution is 4.91. The van der Waals surface area contributed by atoms with Crippen molar-refractivity contribution in [3.63, 3.8) is 0 Å². The zero-order chi connectivity index (χ0) is 11.7. The summed E-state index contributed by atoms with van der Waals surface area (Å²) in [5, 5.41) is 23.0. The average Bonchev–Trinajstić information content (AvgIpc) is 2.20. The third-order valence-corrected chi connectivity index (χ3v) is 0.637. The Labute approximate surface area is 86.0 Å². The fraction of sp³-hybridized carbons (Fsp3) is 0.600. The third kappa shape index (κ3) is 76.3. The normalized spacial score (nSPS) is 6.29. The van der Waals surface area contributed by atoms with Gasteiger partial charge in [0.2, 0.25) is 6.08 Å². The molecule has 78 valence electrons. The average molecular weight is 197 g/mol. The van der Waals surface area contributed by atoms with Crippen molar-refractivity contribution in [3.05, 3.63) is 12.7 Å². The molecule has 0 bridgehead atoms. The summed E-state index contributed by atoms with van der Waals surface area (Å²) < 4.78 is 4.85. The van der Waals surface area contributed by atoms with Crippen LogP contribution in [-0.2, 0) is 4.74 Å². The van der Waals surface area contributed by atoms with Gasteiger partial charge in [-0.05, 0) is 13.8 Å². The first kappa shape index (κ1) is 18.4. The molecule has 0 aromatic rings. The van der Waals surface area contributed by atoms with Crippen LogP contribution in [0.3, 0.4) is 0 Å². The lowest BCUT2D eigenvalue weighted by molar-refractivity contribution is 0.153. The lowest BCUT2D eigenvalue weighted by atomic mass is 10.5. The third-order valence-electron chi connectivity index (χ3n) is 0.637. The fourth-order valence-corrected chi connectivity index (χ4v) is 0.262. The maximum atomic E-state index is 7.96. The summed E-state index contributed by atoms with van der Waals surface area (Å²) in [6.07, 6.45) is 1.44. The monoisotopic (exact) mass is 197 g/mol. The molecule has 0 radical (unpaired) electrons. The van der Waals surface area contributed by atoms with Gasteiger partial charge in [-0.15, -0.1) is 0 Å². The van der Waals surface area contributed by atoms with Gasteiger partial charge in [0.15, 0.2) is 0 Å². The van der Waals surface area contributed by atoms with Crippen molar-refractivity contribution in [1.29, 1.82) is 10.5 Å². The summed E-state index contributed by atoms with van der Waals surface area (Å²) in [7, 11) is 0. The largest absolute Gasteiger partial charge is 0.397 e. The highest BCUT2D eigenvalue weighted by Crippen LogP contribution is 1.76. The van der Waals surface area contributed by atoms with E-state index in [9.17, 15) is 0 Å². The summed E-state index contributed by atoms with van der Waals surface area (Å²) in [4.78, 5) is 0. The summed E-state index contributed by atoms with van der Waals surface area (Å²) in [5.74, 6) is 0. The fourth-order valence-electron chi connectivity index (χ4n) is 0.262. The summed E-state index contributed by atoms with van der Waals surface area (Å²) in [5.41, 5.74) is 0. The van der Waals surface area contributed by atoms with Crippen LogP contribution in [0, 0.1) is 29.2 Å². The van der Waals surface area contributed by atoms with Crippen molar-refractivity contribution in [2.75, 3.05) is 19.8 Å². The second kappa shape index (κ2) is 30.0. The molecular weight excluding hydrogens is 180 g/mol. The Hall–Kier alpha value is -1.45. The van der Waals surface area contributed by atoms with Gasteiger partial charge in [-0.2, -0.15) is 5.26 Å². The molecule has 0 aliphatic heterocycles. The Bertz CT molecular complexity index is 168. The molecule has 0 saturated heterocycles. The van der Waals surface area contributed by atoms with Gasteiger partial charge in [0.25, 0.3) is 0 Å². The van der Waals surface area contributed by atoms with Crippen LogP contribution in [0.2, 0.25) is 0 Å². The number of hydrogen-bond donors (Lipinski definition) is 1. The van der Waals surface area contributed by atoms with E-state index in [0.29, 0.717) is 19.6 Å². The minimum absolute atomic E-state index is 0.250. The molecule has 0 heterocycles. The SMILES string of the molecule is CCO.CCOCCC#N.[CH+]=CC#N. The summed E-state index contributed by atoms with van der Waals surface area (Å²) in [6, 6.07) is 3.56. The number of hydrogen-bond acceptors (Lipinski definition) is 4. The van der Waals surface area contributed by atoms with E-state index in [1.807, 2.05) is 13.0 Å². The van der Waals surface area contributed by atoms with Crippen molar-refractivity contribution in [2.45, 2.75) is 20.3 Å². The van der Waals surface area contributed by atoms with Gasteiger partial charge >= 0.3 is 6.07 Å². The molecule has 0 fully saturated rings. The van der Waals surface area contributed by atoms with Crippen LogP contribution in [0.25, 0.3) is 0 Å². The number of allylic oxidation sites excluding steroid dienone is 1. The van der Waals surface area contributed by atoms with E-state index in [1.54, 1.807) is 13.0 Å². The topological polar surface area (TPSA) is 77.0 Å². The number of ether oxygens (including phenoxy) is 1. The van der Waals surface area contributed by atoms with Crippen molar-refractivity contribution in [1.82, 2.24) is 0 Å². The second-order valence-corrected chi connectivity index (χ2v) is 1.72. The molecule has 0 spiro atoms. The van der Waals surface area contributed by atoms with Crippen molar-refractivity contribution >= 4 is 0 Å². The Kier molecular flexibility index (Phi) is 39.3. The number of nitrogens with zero attached hydrogens (tertiary/aromatic N) is 2. The molecule has 0 unspecified atom stereocenters. The molecule has 0 atom stereocenters. The number of aliphatic hydroxyl groups is 1. The van der Waals surface area contributed by atoms with Gasteiger partial charge in [0, 0.05) is 13.2 Å². The highest BCUT2D eigenvalue weighted by Gasteiger charge is 1.77. The van der Waals surface area contributed by atoms with E-state index < -0.39 is 0 Å². The molecule has 4 nitrogen and oxygen atoms in total. The standard InChI is InChI=1S/C5H9NO.C3H2N.C2H6O/c1-2-7-5-3-4-6;1-2-3-4;1-2-3/h2-3,5H2,1H3;1-2H;3H,2H2,1H3/q;+1;. The smallest absolute Gasteiger partial charge is 0.329 e. The quantitative estimate of drug-likeness (QED) is 0.422. The van der Waals surface area contributed by atoms with E-state index in [1.165, 1.54) is 0 Å². The highest BCUT2D eigenvalue weighted by atomic mass is 16.5. The Morgan fingerprint density at radius 3 is 2.07 bits per heavy atom. The first-order chi connectivity index (χ1) is 6.74. The van der Waals surface area contributed by atoms with E-state index in [-0.39, 0.29) is 6.61 Å². The van der Waals surface area contributed by atoms with Gasteiger partial charge in [-0.25, -0.2) is 0 Å². The number of nitriles is 2. The maximum absolute atomic E-state index is 7.96. The molecule has 0 saturated carbocycles. The molecule has 0 aliphatic carbocycles. The minimum Gasteiger partial charge on any atom is -0.397 e. The van der Waals surface area contributed by atoms with Crippen LogP contribution < -0.4 is 0 Å². The number of aliphatic hydroxyl groups excluding tert-OH is 1. The maximum Gasteiger partial charge on any atom is 0.329 e. The molecule has 4 heteroatoms. The van der Waals surface area contributed by atoms with E-state index >= 15 is 0 Å². The van der Waals surface area contributed by atoms with Crippen LogP contribution in [0.15, 0.2) is 6.08 Å². The van der Waals surface area contributed by atoms with Crippen molar-refractivity contribution in [2.24, 2.45) is 0 Å². The molecule has 0 aliphatic rings. The van der Waals surface area contributed by atoms with Gasteiger partial charge in [-0.3, -0.25) is 0 Å². The van der Waals surface area contributed by atoms with Gasteiger partial charge in [0.1, 0.15) is 0 Å². The molecule has 0 amide bonds. The van der Waals surface area contributed by atoms with Gasteiger partial charge in [-0.1, -0.05) is 5.26 Å². The van der Waals surface area contributed by atoms with E-state index in [2.05, 4.69) is 6.58 Å². The van der Waals surface area contributed by atoms with Crippen molar-refractivity contribution in [3.8, 4) is 12.1 Å². The van der Waals surface area contributed by atoms with Crippen LogP contribution in [0.1, 0.15) is 20.3 Å². The van der Waals surface area contributed by atoms with E-state index in [0.717, 1.165) is 6.08 Å². The van der Waals surface area contributed by atoms with Crippen LogP contribution >= 0.6 is 0 Å². The molecular formula is C10H17N2O2+. The summed E-state index contributed by atoms with van der Waals surface area (Å²) in [6.45, 7) is 9.67. The lowest BCUT2D eigenvalue weighted by Gasteiger charge is -1.90. The second-order valence-electron chi connectivity index (χ2n) is 1.72. The van der Waals surface area contributed by atoms with E-state index in [4.69, 9.17) is 20.4 Å². The van der Waals surface area contributed by atoms with Crippen LogP contribution in [0.5, 0.6) is 0 Å². The Morgan fingerprint density at radius 2 is 1.86 bits per heavy atom. The molecule has 0 aromatic carbocycles. The molecule has 14 heavy (non-hydrogen) atoms. The van der Waals surface area contributed by atoms with Crippen LogP contribution in [-0.4, -0.2) is 24.9 Å². The first-order valence-electron chi connectivity index (χ1n) is 4.23. The molecule has 0 aromatic heterocycles. The summed E-state index contributed by atoms with van der Waals surface area (Å²) >= 11 is 0. The van der Waals surface area contributed by atoms with Crippen LogP contribution in [0.4, 0.5) is 0 Å². The minimum atomic E-state index is 0.250. The zero-order valence-electron chi connectivity index (χ0n) is 8.73. The van der Waals surface area contributed by atoms with Crippen molar-refractivity contribution < 1.29 is 9.84 Å². The predicted octanol–water partition coefficient (Wildman–Crippen LogP) is 1.43. The Balaban J connectivity index is -0.000000147. The predicted molar refractivity (Wildman–Crippen MR) is 54.0 cm³/mol. The first-order valence-corrected chi connectivity index (χ1v) is 4.23. The van der Waals surface area contributed by atoms with Gasteiger partial charge in [0.05, 0.1) is 25.7 Å². The lowest BCUT2D eigenvalue weighted by Crippen LogP contribution is -1.89. The van der Waals surface area contributed by atoms with Gasteiger partial charge < -0.3 is 9.84 Å².